The number of ether oxygens (including phenoxy) is 3. The molecule has 0 radical (unpaired) electrons. The Morgan fingerprint density at radius 2 is 1.59 bits per heavy atom. The first-order chi connectivity index (χ1) is 13.6. The van der Waals surface area contributed by atoms with Gasteiger partial charge in [0, 0.05) is 6.42 Å². The molecule has 1 aliphatic heterocycles. The van der Waals surface area contributed by atoms with Crippen molar-refractivity contribution in [2.24, 2.45) is 0 Å². The summed E-state index contributed by atoms with van der Waals surface area (Å²) in [6.45, 7) is 6.05. The topological polar surface area (TPSA) is 82.2 Å². The number of hydrogen-bond acceptors (Lipinski definition) is 6. The van der Waals surface area contributed by atoms with Gasteiger partial charge in [-0.2, -0.15) is 0 Å². The summed E-state index contributed by atoms with van der Waals surface area (Å²) >= 11 is 0. The Morgan fingerprint density at radius 1 is 1.03 bits per heavy atom. The van der Waals surface area contributed by atoms with E-state index >= 15 is 0 Å². The van der Waals surface area contributed by atoms with Gasteiger partial charge in [0.05, 0.1) is 23.4 Å². The van der Waals surface area contributed by atoms with Gasteiger partial charge in [-0.25, -0.2) is 8.42 Å². The number of esters is 1. The minimum absolute atomic E-state index is 0.0119. The Hall–Kier alpha value is -2.38. The molecular weight excluding hydrogens is 392 g/mol. The summed E-state index contributed by atoms with van der Waals surface area (Å²) in [5.74, 6) is 0.972. The van der Waals surface area contributed by atoms with Gasteiger partial charge < -0.3 is 14.2 Å². The van der Waals surface area contributed by atoms with E-state index in [-0.39, 0.29) is 22.7 Å². The van der Waals surface area contributed by atoms with Crippen molar-refractivity contribution < 1.29 is 27.4 Å². The molecule has 0 saturated carbocycles. The van der Waals surface area contributed by atoms with E-state index in [0.717, 1.165) is 5.56 Å². The van der Waals surface area contributed by atoms with Crippen LogP contribution in [0.5, 0.6) is 11.5 Å². The third-order valence-corrected chi connectivity index (χ3v) is 5.99. The van der Waals surface area contributed by atoms with Crippen LogP contribution in [0.25, 0.3) is 0 Å². The van der Waals surface area contributed by atoms with Crippen molar-refractivity contribution in [2.45, 2.75) is 50.2 Å². The molecule has 0 spiro atoms. The van der Waals surface area contributed by atoms with Crippen LogP contribution in [0.15, 0.2) is 53.4 Å². The van der Waals surface area contributed by atoms with Gasteiger partial charge >= 0.3 is 5.97 Å². The molecule has 0 amide bonds. The number of benzene rings is 2. The predicted molar refractivity (Wildman–Crippen MR) is 109 cm³/mol. The molecule has 156 valence electrons. The highest BCUT2D eigenvalue weighted by atomic mass is 32.2. The smallest absolute Gasteiger partial charge is 0.306 e. The summed E-state index contributed by atoms with van der Waals surface area (Å²) in [5, 5.41) is 0. The standard InChI is InChI=1S/C22H26O6S/c1-22(2,3)28-21(23)13-6-16-4-7-17(8-5-16)27-18-9-11-20(12-10-18)29(24,25)15-19-14-26-19/h4-5,7-12,19H,6,13-15H2,1-3H3. The Morgan fingerprint density at radius 3 is 2.10 bits per heavy atom. The molecule has 0 aromatic heterocycles. The lowest BCUT2D eigenvalue weighted by Crippen LogP contribution is -2.23. The Bertz CT molecular complexity index is 936. The Kier molecular flexibility index (Phi) is 6.29. The molecule has 6 nitrogen and oxygen atoms in total. The fraction of sp³-hybridized carbons (Fsp3) is 0.409. The van der Waals surface area contributed by atoms with E-state index in [1.165, 1.54) is 0 Å². The van der Waals surface area contributed by atoms with E-state index in [2.05, 4.69) is 0 Å². The molecule has 29 heavy (non-hydrogen) atoms. The van der Waals surface area contributed by atoms with E-state index in [9.17, 15) is 13.2 Å². The van der Waals surface area contributed by atoms with Crippen LogP contribution in [0.1, 0.15) is 32.8 Å². The van der Waals surface area contributed by atoms with Crippen molar-refractivity contribution >= 4 is 15.8 Å². The minimum Gasteiger partial charge on any atom is -0.460 e. The van der Waals surface area contributed by atoms with E-state index < -0.39 is 15.4 Å². The van der Waals surface area contributed by atoms with Crippen molar-refractivity contribution in [1.29, 1.82) is 0 Å². The van der Waals surface area contributed by atoms with E-state index in [4.69, 9.17) is 14.2 Å². The molecule has 1 heterocycles. The third-order valence-electron chi connectivity index (χ3n) is 4.19. The second-order valence-corrected chi connectivity index (χ2v) is 10.1. The maximum absolute atomic E-state index is 12.2. The zero-order valence-corrected chi connectivity index (χ0v) is 17.7. The molecular formula is C22H26O6S. The number of carbonyl (C=O) groups excluding carboxylic acids is 1. The molecule has 1 fully saturated rings. The van der Waals surface area contributed by atoms with Gasteiger partial charge in [-0.1, -0.05) is 12.1 Å². The van der Waals surface area contributed by atoms with Gasteiger partial charge in [0.15, 0.2) is 9.84 Å². The third kappa shape index (κ3) is 6.87. The van der Waals surface area contributed by atoms with Crippen molar-refractivity contribution in [1.82, 2.24) is 0 Å². The number of rotatable bonds is 8. The summed E-state index contributed by atoms with van der Waals surface area (Å²) in [6, 6.07) is 13.8. The van der Waals surface area contributed by atoms with Gasteiger partial charge in [-0.15, -0.1) is 0 Å². The monoisotopic (exact) mass is 418 g/mol. The van der Waals surface area contributed by atoms with E-state index in [1.54, 1.807) is 24.3 Å². The van der Waals surface area contributed by atoms with Crippen LogP contribution in [-0.2, 0) is 30.5 Å². The van der Waals surface area contributed by atoms with Crippen LogP contribution in [0.4, 0.5) is 0 Å². The van der Waals surface area contributed by atoms with Gasteiger partial charge in [-0.3, -0.25) is 4.79 Å². The molecule has 1 unspecified atom stereocenters. The first-order valence-corrected chi connectivity index (χ1v) is 11.2. The minimum atomic E-state index is -3.34. The highest BCUT2D eigenvalue weighted by Crippen LogP contribution is 2.25. The number of carbonyl (C=O) groups is 1. The lowest BCUT2D eigenvalue weighted by Gasteiger charge is -2.19. The number of sulfone groups is 1. The second-order valence-electron chi connectivity index (χ2n) is 8.04. The predicted octanol–water partition coefficient (Wildman–Crippen LogP) is 3.93. The number of aryl methyl sites for hydroxylation is 1. The molecule has 3 rings (SSSR count). The van der Waals surface area contributed by atoms with E-state index in [0.29, 0.717) is 30.9 Å². The quantitative estimate of drug-likeness (QED) is 0.477. The summed E-state index contributed by atoms with van der Waals surface area (Å²) < 4.78 is 40.5. The largest absolute Gasteiger partial charge is 0.460 e. The van der Waals surface area contributed by atoms with Crippen molar-refractivity contribution in [3.63, 3.8) is 0 Å². The molecule has 0 N–H and O–H groups in total. The van der Waals surface area contributed by atoms with Gasteiger partial charge in [0.2, 0.25) is 0 Å². The number of hydrogen-bond donors (Lipinski definition) is 0. The maximum Gasteiger partial charge on any atom is 0.306 e. The summed E-state index contributed by atoms with van der Waals surface area (Å²) in [5.41, 5.74) is 0.530. The highest BCUT2D eigenvalue weighted by molar-refractivity contribution is 7.91. The molecule has 2 aromatic carbocycles. The summed E-state index contributed by atoms with van der Waals surface area (Å²) in [6.07, 6.45) is 0.732. The van der Waals surface area contributed by atoms with Crippen LogP contribution in [0, 0.1) is 0 Å². The average Bonchev–Trinajstić information content (AvgIpc) is 3.43. The highest BCUT2D eigenvalue weighted by Gasteiger charge is 2.30. The molecule has 1 saturated heterocycles. The first kappa shape index (κ1) is 21.3. The molecule has 0 aliphatic carbocycles. The van der Waals surface area contributed by atoms with Gasteiger partial charge in [-0.05, 0) is 69.2 Å². The lowest BCUT2D eigenvalue weighted by atomic mass is 10.1. The summed E-state index contributed by atoms with van der Waals surface area (Å²) in [7, 11) is -3.34. The Balaban J connectivity index is 1.53. The molecule has 2 aromatic rings. The fourth-order valence-electron chi connectivity index (χ4n) is 2.72. The summed E-state index contributed by atoms with van der Waals surface area (Å²) in [4.78, 5) is 12.1. The van der Waals surface area contributed by atoms with Crippen LogP contribution in [0.3, 0.4) is 0 Å². The van der Waals surface area contributed by atoms with E-state index in [1.807, 2.05) is 45.0 Å². The molecule has 7 heteroatoms. The van der Waals surface area contributed by atoms with Gasteiger partial charge in [0.25, 0.3) is 0 Å². The van der Waals surface area contributed by atoms with Crippen LogP contribution < -0.4 is 4.74 Å². The first-order valence-electron chi connectivity index (χ1n) is 9.54. The molecule has 1 atom stereocenters. The average molecular weight is 419 g/mol. The number of epoxide rings is 1. The van der Waals surface area contributed by atoms with Crippen LogP contribution in [-0.4, -0.2) is 38.5 Å². The van der Waals surface area contributed by atoms with Crippen LogP contribution in [0.2, 0.25) is 0 Å². The van der Waals surface area contributed by atoms with Crippen molar-refractivity contribution in [2.75, 3.05) is 12.4 Å². The van der Waals surface area contributed by atoms with Crippen molar-refractivity contribution in [3.05, 3.63) is 54.1 Å². The Labute approximate surface area is 171 Å². The normalized spacial score (nSPS) is 16.3. The van der Waals surface area contributed by atoms with Crippen molar-refractivity contribution in [3.8, 4) is 11.5 Å². The fourth-order valence-corrected chi connectivity index (χ4v) is 4.14. The molecule has 1 aliphatic rings. The lowest BCUT2D eigenvalue weighted by molar-refractivity contribution is -0.154. The maximum atomic E-state index is 12.2. The SMILES string of the molecule is CC(C)(C)OC(=O)CCc1ccc(Oc2ccc(S(=O)(=O)CC3CO3)cc2)cc1. The zero-order chi connectivity index (χ0) is 21.1. The van der Waals surface area contributed by atoms with Gasteiger partial charge in [0.1, 0.15) is 17.1 Å². The van der Waals surface area contributed by atoms with Crippen LogP contribution >= 0.6 is 0 Å². The second kappa shape index (κ2) is 8.55. The zero-order valence-electron chi connectivity index (χ0n) is 16.9. The molecule has 0 bridgehead atoms.